The molecule has 1 aromatic rings. The maximum absolute atomic E-state index is 12.9. The smallest absolute Gasteiger partial charge is 0.261 e. The van der Waals surface area contributed by atoms with Gasteiger partial charge in [-0.25, -0.2) is 0 Å². The molecule has 128 valence electrons. The predicted molar refractivity (Wildman–Crippen MR) is 90.4 cm³/mol. The van der Waals surface area contributed by atoms with E-state index in [2.05, 4.69) is 23.9 Å². The maximum Gasteiger partial charge on any atom is 0.261 e. The Morgan fingerprint density at radius 3 is 2.13 bits per heavy atom. The second kappa shape index (κ2) is 8.17. The molecule has 0 bridgehead atoms. The minimum Gasteiger partial charge on any atom is -0.496 e. The zero-order chi connectivity index (χ0) is 16.8. The van der Waals surface area contributed by atoms with E-state index in [1.54, 1.807) is 26.4 Å². The number of amides is 1. The first-order chi connectivity index (χ1) is 11.1. The molecule has 0 radical (unpaired) electrons. The number of carbonyl (C=O) groups is 1. The van der Waals surface area contributed by atoms with Crippen molar-refractivity contribution in [2.75, 3.05) is 67.6 Å². The molecule has 0 unspecified atom stereocenters. The monoisotopic (exact) mass is 321 g/mol. The van der Waals surface area contributed by atoms with Gasteiger partial charge in [0.15, 0.2) is 0 Å². The van der Waals surface area contributed by atoms with Gasteiger partial charge in [0.25, 0.3) is 5.91 Å². The highest BCUT2D eigenvalue weighted by molar-refractivity contribution is 5.99. The van der Waals surface area contributed by atoms with Crippen molar-refractivity contribution in [2.45, 2.75) is 0 Å². The summed E-state index contributed by atoms with van der Waals surface area (Å²) in [5.41, 5.74) is 0.513. The lowest BCUT2D eigenvalue weighted by molar-refractivity contribution is 0.0623. The second-order valence-electron chi connectivity index (χ2n) is 5.97. The number of piperazine rings is 1. The molecule has 0 aromatic heterocycles. The number of carbonyl (C=O) groups excluding carboxylic acids is 1. The summed E-state index contributed by atoms with van der Waals surface area (Å²) in [5, 5.41) is 0. The first kappa shape index (κ1) is 17.6. The molecular weight excluding hydrogens is 294 g/mol. The average molecular weight is 321 g/mol. The Labute approximate surface area is 138 Å². The van der Waals surface area contributed by atoms with Crippen LogP contribution >= 0.6 is 0 Å². The van der Waals surface area contributed by atoms with Gasteiger partial charge in [0.2, 0.25) is 0 Å². The third-order valence-electron chi connectivity index (χ3n) is 4.16. The normalized spacial score (nSPS) is 15.8. The van der Waals surface area contributed by atoms with E-state index < -0.39 is 0 Å². The first-order valence-electron chi connectivity index (χ1n) is 7.94. The molecule has 1 fully saturated rings. The zero-order valence-corrected chi connectivity index (χ0v) is 14.5. The van der Waals surface area contributed by atoms with Crippen molar-refractivity contribution < 1.29 is 14.3 Å². The second-order valence-corrected chi connectivity index (χ2v) is 5.97. The summed E-state index contributed by atoms with van der Waals surface area (Å²) in [6.07, 6.45) is 0. The van der Waals surface area contributed by atoms with E-state index in [4.69, 9.17) is 9.47 Å². The van der Waals surface area contributed by atoms with Crippen LogP contribution in [0.3, 0.4) is 0 Å². The van der Waals surface area contributed by atoms with Crippen molar-refractivity contribution in [1.82, 2.24) is 14.7 Å². The Morgan fingerprint density at radius 2 is 1.65 bits per heavy atom. The molecule has 23 heavy (non-hydrogen) atoms. The van der Waals surface area contributed by atoms with E-state index in [0.29, 0.717) is 17.1 Å². The first-order valence-corrected chi connectivity index (χ1v) is 7.94. The molecule has 2 rings (SSSR count). The quantitative estimate of drug-likeness (QED) is 0.783. The highest BCUT2D eigenvalue weighted by atomic mass is 16.5. The largest absolute Gasteiger partial charge is 0.496 e. The van der Waals surface area contributed by atoms with Gasteiger partial charge in [-0.05, 0) is 26.2 Å². The molecule has 0 atom stereocenters. The fraction of sp³-hybridized carbons (Fsp3) is 0.588. The number of hydrogen-bond acceptors (Lipinski definition) is 5. The summed E-state index contributed by atoms with van der Waals surface area (Å²) < 4.78 is 10.7. The molecule has 1 aromatic carbocycles. The van der Waals surface area contributed by atoms with Crippen molar-refractivity contribution in [2.24, 2.45) is 0 Å². The van der Waals surface area contributed by atoms with Crippen LogP contribution in [0.1, 0.15) is 10.4 Å². The van der Waals surface area contributed by atoms with Crippen LogP contribution in [0.2, 0.25) is 0 Å². The summed E-state index contributed by atoms with van der Waals surface area (Å²) in [5.74, 6) is 1.10. The molecule has 6 heteroatoms. The molecule has 1 saturated heterocycles. The summed E-state index contributed by atoms with van der Waals surface area (Å²) in [6.45, 7) is 5.33. The molecule has 0 aliphatic carbocycles. The van der Waals surface area contributed by atoms with Crippen molar-refractivity contribution in [3.8, 4) is 11.5 Å². The fourth-order valence-corrected chi connectivity index (χ4v) is 2.74. The number of nitrogens with zero attached hydrogens (tertiary/aromatic N) is 3. The molecule has 0 N–H and O–H groups in total. The van der Waals surface area contributed by atoms with Gasteiger partial charge in [-0.3, -0.25) is 9.69 Å². The summed E-state index contributed by atoms with van der Waals surface area (Å²) in [7, 11) is 7.30. The van der Waals surface area contributed by atoms with Crippen LogP contribution in [0.15, 0.2) is 18.2 Å². The fourth-order valence-electron chi connectivity index (χ4n) is 2.74. The number of likely N-dealkylation sites (N-methyl/N-ethyl adjacent to an activating group) is 1. The van der Waals surface area contributed by atoms with Gasteiger partial charge in [-0.15, -0.1) is 0 Å². The molecule has 0 saturated carbocycles. The molecule has 1 aliphatic rings. The van der Waals surface area contributed by atoms with E-state index in [0.717, 1.165) is 39.3 Å². The summed E-state index contributed by atoms with van der Waals surface area (Å²) in [6, 6.07) is 5.42. The number of ether oxygens (including phenoxy) is 2. The van der Waals surface area contributed by atoms with Crippen LogP contribution in [0.25, 0.3) is 0 Å². The van der Waals surface area contributed by atoms with Gasteiger partial charge in [0.1, 0.15) is 17.1 Å². The third-order valence-corrected chi connectivity index (χ3v) is 4.16. The summed E-state index contributed by atoms with van der Waals surface area (Å²) >= 11 is 0. The van der Waals surface area contributed by atoms with E-state index in [-0.39, 0.29) is 5.91 Å². The molecule has 1 heterocycles. The SMILES string of the molecule is COc1cccc(OC)c1C(=O)N1CCN(CCN(C)C)CC1. The van der Waals surface area contributed by atoms with Gasteiger partial charge < -0.3 is 19.3 Å². The predicted octanol–water partition coefficient (Wildman–Crippen LogP) is 1.02. The van der Waals surface area contributed by atoms with E-state index in [9.17, 15) is 4.79 Å². The van der Waals surface area contributed by atoms with E-state index >= 15 is 0 Å². The van der Waals surface area contributed by atoms with Gasteiger partial charge in [-0.2, -0.15) is 0 Å². The van der Waals surface area contributed by atoms with Crippen LogP contribution in [0.4, 0.5) is 0 Å². The zero-order valence-electron chi connectivity index (χ0n) is 14.5. The lowest BCUT2D eigenvalue weighted by Gasteiger charge is -2.35. The lowest BCUT2D eigenvalue weighted by atomic mass is 10.1. The van der Waals surface area contributed by atoms with E-state index in [1.807, 2.05) is 11.0 Å². The average Bonchev–Trinajstić information content (AvgIpc) is 2.58. The van der Waals surface area contributed by atoms with E-state index in [1.165, 1.54) is 0 Å². The molecule has 1 aliphatic heterocycles. The number of methoxy groups -OCH3 is 2. The Kier molecular flexibility index (Phi) is 6.24. The Morgan fingerprint density at radius 1 is 1.09 bits per heavy atom. The van der Waals surface area contributed by atoms with Gasteiger partial charge >= 0.3 is 0 Å². The molecular formula is C17H27N3O3. The minimum atomic E-state index is -0.0217. The summed E-state index contributed by atoms with van der Waals surface area (Å²) in [4.78, 5) is 19.3. The molecule has 0 spiro atoms. The van der Waals surface area contributed by atoms with Crippen molar-refractivity contribution >= 4 is 5.91 Å². The van der Waals surface area contributed by atoms with Crippen molar-refractivity contribution in [1.29, 1.82) is 0 Å². The topological polar surface area (TPSA) is 45.3 Å². The van der Waals surface area contributed by atoms with Crippen LogP contribution in [0.5, 0.6) is 11.5 Å². The highest BCUT2D eigenvalue weighted by Crippen LogP contribution is 2.29. The van der Waals surface area contributed by atoms with Crippen LogP contribution in [-0.2, 0) is 0 Å². The standard InChI is InChI=1S/C17H27N3O3/c1-18(2)8-9-19-10-12-20(13-11-19)17(21)16-14(22-3)6-5-7-15(16)23-4/h5-7H,8-13H2,1-4H3. The third kappa shape index (κ3) is 4.36. The van der Waals surface area contributed by atoms with Crippen LogP contribution < -0.4 is 9.47 Å². The van der Waals surface area contributed by atoms with Crippen LogP contribution in [0, 0.1) is 0 Å². The molecule has 6 nitrogen and oxygen atoms in total. The number of rotatable bonds is 6. The lowest BCUT2D eigenvalue weighted by Crippen LogP contribution is -2.50. The van der Waals surface area contributed by atoms with Gasteiger partial charge in [0, 0.05) is 39.3 Å². The van der Waals surface area contributed by atoms with Gasteiger partial charge in [0.05, 0.1) is 14.2 Å². The van der Waals surface area contributed by atoms with Crippen molar-refractivity contribution in [3.63, 3.8) is 0 Å². The molecule has 1 amide bonds. The van der Waals surface area contributed by atoms with Gasteiger partial charge in [-0.1, -0.05) is 6.07 Å². The maximum atomic E-state index is 12.9. The Bertz CT molecular complexity index is 504. The number of benzene rings is 1. The Balaban J connectivity index is 2.03. The highest BCUT2D eigenvalue weighted by Gasteiger charge is 2.26. The minimum absolute atomic E-state index is 0.0217. The van der Waals surface area contributed by atoms with Crippen LogP contribution in [-0.4, -0.2) is 88.2 Å². The number of hydrogen-bond donors (Lipinski definition) is 0. The van der Waals surface area contributed by atoms with Crippen molar-refractivity contribution in [3.05, 3.63) is 23.8 Å². The Hall–Kier alpha value is -1.79.